The van der Waals surface area contributed by atoms with Gasteiger partial charge in [-0.15, -0.1) is 0 Å². The molecule has 4 rings (SSSR count). The van der Waals surface area contributed by atoms with E-state index in [9.17, 15) is 4.79 Å². The molecule has 0 bridgehead atoms. The van der Waals surface area contributed by atoms with Crippen molar-refractivity contribution in [2.24, 2.45) is 0 Å². The van der Waals surface area contributed by atoms with E-state index < -0.39 is 5.76 Å². The Bertz CT molecular complexity index is 1070. The predicted octanol–water partition coefficient (Wildman–Crippen LogP) is 2.80. The van der Waals surface area contributed by atoms with Crippen molar-refractivity contribution in [2.75, 3.05) is 0 Å². The van der Waals surface area contributed by atoms with Crippen LogP contribution in [0.15, 0.2) is 64.3 Å². The maximum Gasteiger partial charge on any atom is 0.421 e. The number of nitrogens with zero attached hydrogens (tertiary/aromatic N) is 4. The smallest absolute Gasteiger partial charge is 0.406 e. The average Bonchev–Trinajstić information content (AvgIpc) is 2.91. The highest BCUT2D eigenvalue weighted by Crippen LogP contribution is 2.20. The molecular weight excluding hydrogens is 304 g/mol. The number of rotatable bonds is 3. The average molecular weight is 318 g/mol. The van der Waals surface area contributed by atoms with Crippen molar-refractivity contribution in [3.8, 4) is 11.1 Å². The van der Waals surface area contributed by atoms with Gasteiger partial charge >= 0.3 is 5.76 Å². The third-order valence-electron chi connectivity index (χ3n) is 3.81. The highest BCUT2D eigenvalue weighted by molar-refractivity contribution is 5.68. The largest absolute Gasteiger partial charge is 0.421 e. The number of hydrogen-bond acceptors (Lipinski definition) is 5. The molecule has 6 nitrogen and oxygen atoms in total. The van der Waals surface area contributed by atoms with Crippen LogP contribution in [0.1, 0.15) is 11.3 Å². The van der Waals surface area contributed by atoms with Crippen LogP contribution in [0.4, 0.5) is 0 Å². The molecule has 0 aliphatic rings. The van der Waals surface area contributed by atoms with Gasteiger partial charge in [-0.05, 0) is 36.2 Å². The van der Waals surface area contributed by atoms with E-state index in [-0.39, 0.29) is 0 Å². The van der Waals surface area contributed by atoms with Crippen LogP contribution in [0, 0.1) is 6.92 Å². The summed E-state index contributed by atoms with van der Waals surface area (Å²) in [6.07, 6.45) is 5.02. The van der Waals surface area contributed by atoms with Gasteiger partial charge in [0, 0.05) is 23.7 Å². The Morgan fingerprint density at radius 2 is 1.92 bits per heavy atom. The molecule has 0 unspecified atom stereocenters. The first-order valence-electron chi connectivity index (χ1n) is 7.52. The molecule has 4 aromatic rings. The van der Waals surface area contributed by atoms with Gasteiger partial charge in [0.15, 0.2) is 11.2 Å². The lowest BCUT2D eigenvalue weighted by atomic mass is 10.1. The normalized spacial score (nSPS) is 11.0. The molecule has 6 heteroatoms. The van der Waals surface area contributed by atoms with E-state index >= 15 is 0 Å². The molecule has 118 valence electrons. The Balaban J connectivity index is 1.75. The molecule has 0 saturated carbocycles. The van der Waals surface area contributed by atoms with E-state index in [4.69, 9.17) is 4.42 Å². The zero-order chi connectivity index (χ0) is 16.5. The minimum atomic E-state index is -0.406. The number of pyridine rings is 1. The Morgan fingerprint density at radius 3 is 2.75 bits per heavy atom. The molecule has 24 heavy (non-hydrogen) atoms. The molecule has 0 radical (unpaired) electrons. The molecule has 1 aromatic carbocycles. The van der Waals surface area contributed by atoms with Crippen LogP contribution >= 0.6 is 0 Å². The fourth-order valence-electron chi connectivity index (χ4n) is 2.66. The van der Waals surface area contributed by atoms with Crippen molar-refractivity contribution >= 4 is 11.2 Å². The zero-order valence-corrected chi connectivity index (χ0v) is 13.0. The molecule has 3 heterocycles. The summed E-state index contributed by atoms with van der Waals surface area (Å²) in [6.45, 7) is 2.28. The van der Waals surface area contributed by atoms with Crippen LogP contribution in [0.25, 0.3) is 22.4 Å². The molecule has 0 N–H and O–H groups in total. The number of fused-ring (bicyclic) bond motifs is 1. The van der Waals surface area contributed by atoms with E-state index in [0.29, 0.717) is 17.8 Å². The minimum absolute atomic E-state index is 0.393. The molecule has 0 atom stereocenters. The van der Waals surface area contributed by atoms with Gasteiger partial charge in [-0.25, -0.2) is 19.7 Å². The highest BCUT2D eigenvalue weighted by atomic mass is 16.4. The molecule has 0 aliphatic heterocycles. The maximum absolute atomic E-state index is 12.1. The van der Waals surface area contributed by atoms with Gasteiger partial charge in [-0.1, -0.05) is 18.2 Å². The Morgan fingerprint density at radius 1 is 1.08 bits per heavy atom. The monoisotopic (exact) mass is 318 g/mol. The standard InChI is InChI=1S/C18H14N4O2/c1-12-5-6-16-17(21-12)22(18(23)24-16)10-13-3-2-4-14(7-13)15-8-19-11-20-9-15/h2-9,11H,10H2,1H3. The zero-order valence-electron chi connectivity index (χ0n) is 13.0. The van der Waals surface area contributed by atoms with E-state index in [0.717, 1.165) is 22.4 Å². The van der Waals surface area contributed by atoms with E-state index in [1.54, 1.807) is 23.0 Å². The van der Waals surface area contributed by atoms with Crippen LogP contribution in [0.2, 0.25) is 0 Å². The molecular formula is C18H14N4O2. The van der Waals surface area contributed by atoms with Gasteiger partial charge < -0.3 is 4.42 Å². The van der Waals surface area contributed by atoms with Crippen molar-refractivity contribution in [3.63, 3.8) is 0 Å². The summed E-state index contributed by atoms with van der Waals surface area (Å²) in [5.74, 6) is -0.406. The molecule has 0 aliphatic carbocycles. The molecule has 0 amide bonds. The Hall–Kier alpha value is -3.28. The summed E-state index contributed by atoms with van der Waals surface area (Å²) in [5.41, 5.74) is 4.80. The first kappa shape index (κ1) is 14.3. The van der Waals surface area contributed by atoms with Gasteiger partial charge in [0.25, 0.3) is 0 Å². The van der Waals surface area contributed by atoms with Crippen LogP contribution in [-0.2, 0) is 6.54 Å². The second kappa shape index (κ2) is 5.73. The minimum Gasteiger partial charge on any atom is -0.406 e. The van der Waals surface area contributed by atoms with Crippen molar-refractivity contribution in [1.29, 1.82) is 0 Å². The molecule has 0 fully saturated rings. The fraction of sp³-hybridized carbons (Fsp3) is 0.111. The van der Waals surface area contributed by atoms with Crippen molar-refractivity contribution in [1.82, 2.24) is 19.5 Å². The third-order valence-corrected chi connectivity index (χ3v) is 3.81. The summed E-state index contributed by atoms with van der Waals surface area (Å²) in [7, 11) is 0. The summed E-state index contributed by atoms with van der Waals surface area (Å²) in [6, 6.07) is 11.5. The lowest BCUT2D eigenvalue weighted by molar-refractivity contribution is 0.517. The van der Waals surface area contributed by atoms with Crippen LogP contribution in [-0.4, -0.2) is 19.5 Å². The van der Waals surface area contributed by atoms with Gasteiger partial charge in [0.1, 0.15) is 6.33 Å². The number of benzene rings is 1. The lowest BCUT2D eigenvalue weighted by Gasteiger charge is -2.06. The highest BCUT2D eigenvalue weighted by Gasteiger charge is 2.11. The topological polar surface area (TPSA) is 73.8 Å². The van der Waals surface area contributed by atoms with Crippen LogP contribution < -0.4 is 5.76 Å². The Kier molecular flexibility index (Phi) is 3.42. The van der Waals surface area contributed by atoms with E-state index in [2.05, 4.69) is 15.0 Å². The molecule has 0 saturated heterocycles. The number of oxazole rings is 1. The summed E-state index contributed by atoms with van der Waals surface area (Å²) < 4.78 is 6.81. The van der Waals surface area contributed by atoms with E-state index in [1.807, 2.05) is 37.3 Å². The second-order valence-corrected chi connectivity index (χ2v) is 5.56. The summed E-state index contributed by atoms with van der Waals surface area (Å²) in [5, 5.41) is 0. The molecule has 0 spiro atoms. The van der Waals surface area contributed by atoms with Gasteiger partial charge in [-0.3, -0.25) is 4.57 Å². The molecule has 3 aromatic heterocycles. The second-order valence-electron chi connectivity index (χ2n) is 5.56. The van der Waals surface area contributed by atoms with Gasteiger partial charge in [0.05, 0.1) is 6.54 Å². The summed E-state index contributed by atoms with van der Waals surface area (Å²) >= 11 is 0. The van der Waals surface area contributed by atoms with Crippen molar-refractivity contribution < 1.29 is 4.42 Å². The van der Waals surface area contributed by atoms with Crippen molar-refractivity contribution in [3.05, 3.63) is 76.9 Å². The SMILES string of the molecule is Cc1ccc2oc(=O)n(Cc3cccc(-c4cncnc4)c3)c2n1. The van der Waals surface area contributed by atoms with Crippen LogP contribution in [0.5, 0.6) is 0 Å². The first-order chi connectivity index (χ1) is 11.7. The van der Waals surface area contributed by atoms with E-state index in [1.165, 1.54) is 6.33 Å². The quantitative estimate of drug-likeness (QED) is 0.581. The fourth-order valence-corrected chi connectivity index (χ4v) is 2.66. The Labute approximate surface area is 137 Å². The number of hydrogen-bond donors (Lipinski definition) is 0. The predicted molar refractivity (Wildman–Crippen MR) is 89.6 cm³/mol. The number of aryl methyl sites for hydroxylation is 1. The first-order valence-corrected chi connectivity index (χ1v) is 7.52. The third kappa shape index (κ3) is 2.58. The van der Waals surface area contributed by atoms with Crippen molar-refractivity contribution in [2.45, 2.75) is 13.5 Å². The lowest BCUT2D eigenvalue weighted by Crippen LogP contribution is -2.15. The number of aromatic nitrogens is 4. The van der Waals surface area contributed by atoms with Crippen LogP contribution in [0.3, 0.4) is 0 Å². The van der Waals surface area contributed by atoms with Gasteiger partial charge in [-0.2, -0.15) is 0 Å². The summed E-state index contributed by atoms with van der Waals surface area (Å²) in [4.78, 5) is 24.6. The maximum atomic E-state index is 12.1. The van der Waals surface area contributed by atoms with Gasteiger partial charge in [0.2, 0.25) is 0 Å².